The fraction of sp³-hybridized carbons (Fsp3) is 0.364. The van der Waals surface area contributed by atoms with E-state index in [2.05, 4.69) is 34.4 Å². The molecule has 1 N–H and O–H groups in total. The van der Waals surface area contributed by atoms with Gasteiger partial charge in [-0.25, -0.2) is 0 Å². The largest absolute Gasteiger partial charge is 0.352 e. The van der Waals surface area contributed by atoms with Crippen LogP contribution < -0.4 is 5.32 Å². The fourth-order valence-electron chi connectivity index (χ4n) is 0.873. The minimum absolute atomic E-state index is 0.0973. The molecule has 14 heavy (non-hydrogen) atoms. The molecule has 0 unspecified atom stereocenters. The predicted molar refractivity (Wildman–Crippen MR) is 64.3 cm³/mol. The Balaban J connectivity index is 4.59. The molecule has 0 aromatic carbocycles. The number of nitrogens with one attached hydrogen (secondary N) is 1. The lowest BCUT2D eigenvalue weighted by Crippen LogP contribution is -2.26. The minimum Gasteiger partial charge on any atom is -0.352 e. The number of rotatable bonds is 5. The summed E-state index contributed by atoms with van der Waals surface area (Å²) in [5.74, 6) is -0.0973. The maximum atomic E-state index is 11.6. The van der Waals surface area contributed by atoms with Crippen molar-refractivity contribution in [3.8, 4) is 0 Å². The highest BCUT2D eigenvalue weighted by molar-refractivity contribution is 9.11. The summed E-state index contributed by atoms with van der Waals surface area (Å²) in [6.07, 6.45) is 2.60. The molecule has 0 saturated carbocycles. The Kier molecular flexibility index (Phi) is 6.21. The van der Waals surface area contributed by atoms with Crippen molar-refractivity contribution in [3.63, 3.8) is 0 Å². The van der Waals surface area contributed by atoms with Crippen LogP contribution in [0.3, 0.4) is 0 Å². The smallest absolute Gasteiger partial charge is 0.251 e. The first-order valence-electron chi connectivity index (χ1n) is 4.49. The van der Waals surface area contributed by atoms with Crippen LogP contribution in [0.2, 0.25) is 0 Å². The van der Waals surface area contributed by atoms with Crippen molar-refractivity contribution in [2.75, 3.05) is 6.54 Å². The molecule has 0 aromatic rings. The summed E-state index contributed by atoms with van der Waals surface area (Å²) in [5.41, 5.74) is 1.31. The zero-order chi connectivity index (χ0) is 11.1. The molecule has 0 saturated heterocycles. The fourth-order valence-corrected chi connectivity index (χ4v) is 1.10. The van der Waals surface area contributed by atoms with Gasteiger partial charge in [0.2, 0.25) is 0 Å². The summed E-state index contributed by atoms with van der Waals surface area (Å²) in [4.78, 5) is 11.6. The van der Waals surface area contributed by atoms with E-state index in [4.69, 9.17) is 0 Å². The Hall–Kier alpha value is -0.830. The molecule has 0 aliphatic heterocycles. The van der Waals surface area contributed by atoms with Crippen molar-refractivity contribution in [3.05, 3.63) is 34.9 Å². The second-order valence-corrected chi connectivity index (χ2v) is 4.06. The first-order valence-corrected chi connectivity index (χ1v) is 5.28. The first-order chi connectivity index (χ1) is 6.49. The Morgan fingerprint density at radius 3 is 2.43 bits per heavy atom. The Morgan fingerprint density at radius 2 is 2.07 bits per heavy atom. The molecule has 0 fully saturated rings. The van der Waals surface area contributed by atoms with Crippen LogP contribution in [0.4, 0.5) is 0 Å². The third-order valence-electron chi connectivity index (χ3n) is 1.54. The molecular weight excluding hydrogens is 242 g/mol. The lowest BCUT2D eigenvalue weighted by molar-refractivity contribution is -0.117. The second kappa shape index (κ2) is 6.60. The number of amides is 1. The summed E-state index contributed by atoms with van der Waals surface area (Å²) in [5, 5.41) is 2.79. The number of allylic oxidation sites excluding steroid dienone is 2. The normalized spacial score (nSPS) is 10.9. The highest BCUT2D eigenvalue weighted by Gasteiger charge is 2.08. The minimum atomic E-state index is -0.0973. The highest BCUT2D eigenvalue weighted by Crippen LogP contribution is 2.13. The van der Waals surface area contributed by atoms with Crippen LogP contribution in [0.15, 0.2) is 34.9 Å². The third-order valence-corrected chi connectivity index (χ3v) is 1.77. The maximum Gasteiger partial charge on any atom is 0.251 e. The summed E-state index contributed by atoms with van der Waals surface area (Å²) in [7, 11) is 0. The number of carbonyl (C=O) groups is 1. The Labute approximate surface area is 93.9 Å². The maximum absolute atomic E-state index is 11.6. The van der Waals surface area contributed by atoms with Crippen LogP contribution in [-0.4, -0.2) is 12.5 Å². The molecule has 3 heteroatoms. The van der Waals surface area contributed by atoms with Crippen molar-refractivity contribution in [2.45, 2.75) is 20.3 Å². The first kappa shape index (κ1) is 13.2. The lowest BCUT2D eigenvalue weighted by atomic mass is 10.1. The van der Waals surface area contributed by atoms with Gasteiger partial charge in [0, 0.05) is 16.6 Å². The zero-order valence-electron chi connectivity index (χ0n) is 8.69. The standard InChI is InChI=1S/C11H16BrNO/c1-5-6-13-11(14)10(8(2)3)7-9(4)12/h7H,2,4-6H2,1,3H3,(H,13,14)/b10-7+. The molecule has 0 aromatic heterocycles. The molecule has 0 heterocycles. The van der Waals surface area contributed by atoms with E-state index in [-0.39, 0.29) is 5.91 Å². The van der Waals surface area contributed by atoms with E-state index in [9.17, 15) is 4.79 Å². The second-order valence-electron chi connectivity index (χ2n) is 3.04. The molecule has 2 nitrogen and oxygen atoms in total. The van der Waals surface area contributed by atoms with Crippen LogP contribution in [0.1, 0.15) is 20.3 Å². The summed E-state index contributed by atoms with van der Waals surface area (Å²) in [6.45, 7) is 11.9. The predicted octanol–water partition coefficient (Wildman–Crippen LogP) is 2.92. The van der Waals surface area contributed by atoms with Gasteiger partial charge in [0.05, 0.1) is 0 Å². The molecule has 0 aliphatic carbocycles. The van der Waals surface area contributed by atoms with Crippen molar-refractivity contribution in [1.82, 2.24) is 5.32 Å². The average Bonchev–Trinajstić information content (AvgIpc) is 2.09. The summed E-state index contributed by atoms with van der Waals surface area (Å²) >= 11 is 3.19. The SMILES string of the molecule is C=C(Br)/C=C(\C(=C)C)C(=O)NCCC. The molecule has 78 valence electrons. The van der Waals surface area contributed by atoms with Gasteiger partial charge in [-0.15, -0.1) is 0 Å². The van der Waals surface area contributed by atoms with Gasteiger partial charge >= 0.3 is 0 Å². The molecule has 0 atom stereocenters. The molecule has 0 rings (SSSR count). The zero-order valence-corrected chi connectivity index (χ0v) is 10.3. The summed E-state index contributed by atoms with van der Waals surface area (Å²) < 4.78 is 0.669. The molecule has 0 bridgehead atoms. The van der Waals surface area contributed by atoms with Gasteiger partial charge in [0.25, 0.3) is 5.91 Å². The lowest BCUT2D eigenvalue weighted by Gasteiger charge is -2.07. The van der Waals surface area contributed by atoms with Crippen LogP contribution in [-0.2, 0) is 4.79 Å². The van der Waals surface area contributed by atoms with Gasteiger partial charge in [-0.2, -0.15) is 0 Å². The van der Waals surface area contributed by atoms with Crippen LogP contribution in [0.5, 0.6) is 0 Å². The molecule has 0 radical (unpaired) electrons. The van der Waals surface area contributed by atoms with E-state index in [1.165, 1.54) is 0 Å². The Bertz CT molecular complexity index is 279. The van der Waals surface area contributed by atoms with E-state index < -0.39 is 0 Å². The van der Waals surface area contributed by atoms with Gasteiger partial charge in [0.15, 0.2) is 0 Å². The van der Waals surface area contributed by atoms with Crippen molar-refractivity contribution < 1.29 is 4.79 Å². The van der Waals surface area contributed by atoms with Gasteiger partial charge in [-0.05, 0) is 25.0 Å². The van der Waals surface area contributed by atoms with Crippen molar-refractivity contribution in [1.29, 1.82) is 0 Å². The molecular formula is C11H16BrNO. The monoisotopic (exact) mass is 257 g/mol. The van der Waals surface area contributed by atoms with Gasteiger partial charge in [-0.3, -0.25) is 4.79 Å². The van der Waals surface area contributed by atoms with E-state index in [1.54, 1.807) is 13.0 Å². The van der Waals surface area contributed by atoms with E-state index in [0.29, 0.717) is 16.6 Å². The van der Waals surface area contributed by atoms with Crippen molar-refractivity contribution >= 4 is 21.8 Å². The van der Waals surface area contributed by atoms with E-state index >= 15 is 0 Å². The quantitative estimate of drug-likeness (QED) is 0.596. The van der Waals surface area contributed by atoms with E-state index in [0.717, 1.165) is 12.0 Å². The Morgan fingerprint density at radius 1 is 1.50 bits per heavy atom. The van der Waals surface area contributed by atoms with Gasteiger partial charge < -0.3 is 5.32 Å². The van der Waals surface area contributed by atoms with Crippen molar-refractivity contribution in [2.24, 2.45) is 0 Å². The van der Waals surface area contributed by atoms with Crippen LogP contribution in [0.25, 0.3) is 0 Å². The average molecular weight is 258 g/mol. The van der Waals surface area contributed by atoms with E-state index in [1.807, 2.05) is 6.92 Å². The molecule has 0 spiro atoms. The number of carbonyl (C=O) groups excluding carboxylic acids is 1. The number of halogens is 1. The molecule has 0 aliphatic rings. The number of hydrogen-bond donors (Lipinski definition) is 1. The van der Waals surface area contributed by atoms with Gasteiger partial charge in [0.1, 0.15) is 0 Å². The third kappa shape index (κ3) is 5.02. The molecule has 1 amide bonds. The summed E-state index contributed by atoms with van der Waals surface area (Å²) in [6, 6.07) is 0. The highest BCUT2D eigenvalue weighted by atomic mass is 79.9. The topological polar surface area (TPSA) is 29.1 Å². The van der Waals surface area contributed by atoms with Crippen LogP contribution in [0, 0.1) is 0 Å². The number of hydrogen-bond acceptors (Lipinski definition) is 1. The van der Waals surface area contributed by atoms with Gasteiger partial charge in [-0.1, -0.05) is 36.0 Å². The van der Waals surface area contributed by atoms with Crippen LogP contribution >= 0.6 is 15.9 Å².